The Morgan fingerprint density at radius 2 is 0.846 bits per heavy atom. The van der Waals surface area contributed by atoms with Crippen LogP contribution in [0.25, 0.3) is 0 Å². The molecule has 0 unspecified atom stereocenters. The zero-order valence-corrected chi connectivity index (χ0v) is 17.3. The molecule has 4 heteroatoms. The second-order valence-corrected chi connectivity index (χ2v) is 7.94. The maximum absolute atomic E-state index is 10.2. The highest BCUT2D eigenvalue weighted by molar-refractivity contribution is 4.59. The van der Waals surface area contributed by atoms with E-state index in [9.17, 15) is 5.21 Å². The van der Waals surface area contributed by atoms with Crippen molar-refractivity contribution in [3.8, 4) is 0 Å². The van der Waals surface area contributed by atoms with Gasteiger partial charge in [-0.3, -0.25) is 0 Å². The van der Waals surface area contributed by atoms with Crippen molar-refractivity contribution in [1.82, 2.24) is 0 Å². The van der Waals surface area contributed by atoms with Gasteiger partial charge in [0.05, 0.1) is 6.54 Å². The van der Waals surface area contributed by atoms with Crippen molar-refractivity contribution in [2.24, 2.45) is 5.92 Å². The Hall–Kier alpha value is -0.160. The van der Waals surface area contributed by atoms with Crippen LogP contribution < -0.4 is 5.48 Å². The van der Waals surface area contributed by atoms with Gasteiger partial charge in [-0.15, -0.1) is 0 Å². The molecule has 0 heterocycles. The van der Waals surface area contributed by atoms with E-state index in [0.717, 1.165) is 37.7 Å². The predicted molar refractivity (Wildman–Crippen MR) is 111 cm³/mol. The molecule has 0 aromatic carbocycles. The van der Waals surface area contributed by atoms with Crippen LogP contribution in [0.5, 0.6) is 0 Å². The largest absolute Gasteiger partial charge is 0.636 e. The molecule has 0 saturated heterocycles. The quantitative estimate of drug-likeness (QED) is 0.190. The number of nitrogens with two attached hydrogens (primary N) is 1. The summed E-state index contributed by atoms with van der Waals surface area (Å²) in [6.45, 7) is 1.26. The molecule has 0 aromatic rings. The van der Waals surface area contributed by atoms with E-state index in [4.69, 9.17) is 10.2 Å². The first-order chi connectivity index (χ1) is 12.8. The first-order valence-corrected chi connectivity index (χ1v) is 11.5. The molecule has 0 spiro atoms. The van der Waals surface area contributed by atoms with Crippen LogP contribution in [0.4, 0.5) is 0 Å². The minimum atomic E-state index is 0.256. The van der Waals surface area contributed by atoms with Crippen LogP contribution in [0, 0.1) is 11.1 Å². The number of unbranched alkanes of at least 4 members (excludes halogenated alkanes) is 14. The molecule has 0 radical (unpaired) electrons. The lowest BCUT2D eigenvalue weighted by atomic mass is 9.94. The average Bonchev–Trinajstić information content (AvgIpc) is 2.64. The summed E-state index contributed by atoms with van der Waals surface area (Å²) in [5.41, 5.74) is 1.04. The number of aliphatic hydroxyl groups excluding tert-OH is 2. The third-order valence-electron chi connectivity index (χ3n) is 5.51. The zero-order chi connectivity index (χ0) is 19.1. The van der Waals surface area contributed by atoms with Crippen LogP contribution >= 0.6 is 0 Å². The molecule has 0 atom stereocenters. The molecular formula is C22H47NO3. The topological polar surface area (TPSA) is 80.1 Å². The molecule has 26 heavy (non-hydrogen) atoms. The van der Waals surface area contributed by atoms with E-state index in [2.05, 4.69) is 0 Å². The van der Waals surface area contributed by atoms with Gasteiger partial charge >= 0.3 is 0 Å². The minimum absolute atomic E-state index is 0.256. The second-order valence-electron chi connectivity index (χ2n) is 7.94. The molecule has 0 rings (SSSR count). The van der Waals surface area contributed by atoms with E-state index in [1.54, 1.807) is 0 Å². The van der Waals surface area contributed by atoms with Gasteiger partial charge in [0.25, 0.3) is 0 Å². The normalized spacial score (nSPS) is 11.5. The van der Waals surface area contributed by atoms with Gasteiger partial charge in [0.15, 0.2) is 0 Å². The number of aliphatic hydroxyl groups is 2. The summed E-state index contributed by atoms with van der Waals surface area (Å²) < 4.78 is 0. The molecule has 158 valence electrons. The summed E-state index contributed by atoms with van der Waals surface area (Å²) in [7, 11) is 0. The smallest absolute Gasteiger partial charge is 0.0752 e. The van der Waals surface area contributed by atoms with Crippen LogP contribution in [-0.4, -0.2) is 30.0 Å². The lowest BCUT2D eigenvalue weighted by molar-refractivity contribution is -0.589. The van der Waals surface area contributed by atoms with Crippen molar-refractivity contribution in [2.75, 3.05) is 19.8 Å². The molecule has 0 bridgehead atoms. The van der Waals surface area contributed by atoms with Crippen LogP contribution in [0.2, 0.25) is 0 Å². The van der Waals surface area contributed by atoms with Crippen molar-refractivity contribution >= 4 is 0 Å². The maximum atomic E-state index is 10.2. The number of hydroxylamine groups is 1. The third kappa shape index (κ3) is 20.2. The van der Waals surface area contributed by atoms with Gasteiger partial charge in [-0.05, 0) is 31.6 Å². The van der Waals surface area contributed by atoms with Gasteiger partial charge < -0.3 is 20.9 Å². The molecule has 0 amide bonds. The highest BCUT2D eigenvalue weighted by atomic mass is 16.5. The van der Waals surface area contributed by atoms with Crippen molar-refractivity contribution < 1.29 is 15.7 Å². The Labute approximate surface area is 162 Å². The summed E-state index contributed by atoms with van der Waals surface area (Å²) in [4.78, 5) is 0. The fourth-order valence-corrected chi connectivity index (χ4v) is 3.76. The Bertz CT molecular complexity index is 246. The molecule has 0 aliphatic heterocycles. The van der Waals surface area contributed by atoms with Crippen LogP contribution in [0.1, 0.15) is 116 Å². The van der Waals surface area contributed by atoms with Gasteiger partial charge in [-0.25, -0.2) is 0 Å². The fourth-order valence-electron chi connectivity index (χ4n) is 3.76. The molecule has 0 aliphatic carbocycles. The molecule has 4 N–H and O–H groups in total. The van der Waals surface area contributed by atoms with E-state index in [1.165, 1.54) is 89.9 Å². The summed E-state index contributed by atoms with van der Waals surface area (Å²) in [6, 6.07) is 0. The second kappa shape index (κ2) is 22.9. The summed E-state index contributed by atoms with van der Waals surface area (Å²) >= 11 is 0. The average molecular weight is 374 g/mol. The van der Waals surface area contributed by atoms with E-state index in [0.29, 0.717) is 5.92 Å². The summed E-state index contributed by atoms with van der Waals surface area (Å²) in [5, 5.41) is 28.2. The first-order valence-electron chi connectivity index (χ1n) is 11.5. The zero-order valence-electron chi connectivity index (χ0n) is 17.3. The minimum Gasteiger partial charge on any atom is -0.636 e. The molecule has 0 saturated carbocycles. The molecule has 4 nitrogen and oxygen atoms in total. The van der Waals surface area contributed by atoms with Crippen molar-refractivity contribution in [1.29, 1.82) is 0 Å². The SMILES string of the molecule is [O-][NH2+]CCCCCCCCCCCCCCCCCC(CCO)CCO. The highest BCUT2D eigenvalue weighted by Gasteiger charge is 2.06. The van der Waals surface area contributed by atoms with E-state index < -0.39 is 0 Å². The Balaban J connectivity index is 3.13. The van der Waals surface area contributed by atoms with E-state index in [1.807, 2.05) is 0 Å². The van der Waals surface area contributed by atoms with Crippen LogP contribution in [0.3, 0.4) is 0 Å². The lowest BCUT2D eigenvalue weighted by Crippen LogP contribution is -2.77. The summed E-state index contributed by atoms with van der Waals surface area (Å²) in [5.74, 6) is 0.515. The molecular weight excluding hydrogens is 326 g/mol. The van der Waals surface area contributed by atoms with Crippen molar-refractivity contribution in [3.05, 3.63) is 5.21 Å². The maximum Gasteiger partial charge on any atom is 0.0752 e. The Kier molecular flexibility index (Phi) is 22.7. The van der Waals surface area contributed by atoms with Gasteiger partial charge in [0, 0.05) is 13.2 Å². The number of hydrogen-bond acceptors (Lipinski definition) is 3. The standard InChI is InChI=1S/C22H47NO3/c24-20-17-22(18-21-25)16-14-12-10-8-6-4-2-1-3-5-7-9-11-13-15-19-23-26/h22,24-25H,1-21,23H2. The van der Waals surface area contributed by atoms with E-state index >= 15 is 0 Å². The lowest BCUT2D eigenvalue weighted by Gasteiger charge is -2.13. The van der Waals surface area contributed by atoms with Crippen LogP contribution in [0.15, 0.2) is 0 Å². The molecule has 0 aromatic heterocycles. The number of quaternary nitrogens is 1. The van der Waals surface area contributed by atoms with Crippen molar-refractivity contribution in [3.63, 3.8) is 0 Å². The molecule has 0 aliphatic rings. The predicted octanol–water partition coefficient (Wildman–Crippen LogP) is 4.67. The highest BCUT2D eigenvalue weighted by Crippen LogP contribution is 2.18. The fraction of sp³-hybridized carbons (Fsp3) is 1.00. The van der Waals surface area contributed by atoms with Gasteiger partial charge in [0.2, 0.25) is 0 Å². The molecule has 0 fully saturated rings. The number of hydrogen-bond donors (Lipinski definition) is 3. The Morgan fingerprint density at radius 1 is 0.500 bits per heavy atom. The van der Waals surface area contributed by atoms with Gasteiger partial charge in [0.1, 0.15) is 0 Å². The van der Waals surface area contributed by atoms with Gasteiger partial charge in [-0.1, -0.05) is 89.9 Å². The van der Waals surface area contributed by atoms with Crippen molar-refractivity contribution in [2.45, 2.75) is 116 Å². The summed E-state index contributed by atoms with van der Waals surface area (Å²) in [6.07, 6.45) is 22.8. The Morgan fingerprint density at radius 3 is 1.19 bits per heavy atom. The third-order valence-corrected chi connectivity index (χ3v) is 5.51. The van der Waals surface area contributed by atoms with Gasteiger partial charge in [-0.2, -0.15) is 0 Å². The van der Waals surface area contributed by atoms with E-state index in [-0.39, 0.29) is 13.2 Å². The van der Waals surface area contributed by atoms with Crippen LogP contribution in [-0.2, 0) is 0 Å². The monoisotopic (exact) mass is 373 g/mol. The number of rotatable bonds is 22. The first kappa shape index (κ1) is 25.8.